The molecule has 0 saturated carbocycles. The van der Waals surface area contributed by atoms with Gasteiger partial charge in [-0.05, 0) is 29.7 Å². The molecule has 3 rings (SSSR count). The highest BCUT2D eigenvalue weighted by molar-refractivity contribution is 6.35. The van der Waals surface area contributed by atoms with Gasteiger partial charge < -0.3 is 5.11 Å². The topological polar surface area (TPSA) is 55.1 Å². The Morgan fingerprint density at radius 3 is 2.83 bits per heavy atom. The Morgan fingerprint density at radius 2 is 2.17 bits per heavy atom. The van der Waals surface area contributed by atoms with E-state index in [1.54, 1.807) is 18.2 Å². The van der Waals surface area contributed by atoms with Gasteiger partial charge in [0.25, 0.3) is 5.92 Å². The quantitative estimate of drug-likeness (QED) is 0.817. The molecule has 0 atom stereocenters. The number of nitrogens with zero attached hydrogens (tertiary/aromatic N) is 2. The summed E-state index contributed by atoms with van der Waals surface area (Å²) in [6.07, 6.45) is 1.74. The SMILES string of the molecule is O=C(O)/C=C1/c2c(cnn2Cc2ccc(Cl)cc2Cl)CCC1(F)F. The Kier molecular flexibility index (Phi) is 4.36. The zero-order valence-electron chi connectivity index (χ0n) is 12.3. The third-order valence-electron chi connectivity index (χ3n) is 3.88. The van der Waals surface area contributed by atoms with Crippen LogP contribution in [0.4, 0.5) is 8.78 Å². The highest BCUT2D eigenvalue weighted by Crippen LogP contribution is 2.42. The van der Waals surface area contributed by atoms with E-state index in [4.69, 9.17) is 28.3 Å². The molecule has 0 bridgehead atoms. The van der Waals surface area contributed by atoms with Gasteiger partial charge in [0, 0.05) is 22.5 Å². The second-order valence-electron chi connectivity index (χ2n) is 5.51. The molecule has 1 N–H and O–H groups in total. The molecule has 24 heavy (non-hydrogen) atoms. The fourth-order valence-electron chi connectivity index (χ4n) is 2.75. The summed E-state index contributed by atoms with van der Waals surface area (Å²) in [7, 11) is 0. The first-order valence-electron chi connectivity index (χ1n) is 7.10. The van der Waals surface area contributed by atoms with Gasteiger partial charge in [-0.15, -0.1) is 0 Å². The van der Waals surface area contributed by atoms with Gasteiger partial charge in [0.2, 0.25) is 0 Å². The van der Waals surface area contributed by atoms with Gasteiger partial charge in [-0.1, -0.05) is 29.3 Å². The van der Waals surface area contributed by atoms with E-state index in [0.29, 0.717) is 27.2 Å². The number of hydrogen-bond donors (Lipinski definition) is 1. The molecule has 1 aromatic heterocycles. The number of halogens is 4. The maximum absolute atomic E-state index is 14.2. The average Bonchev–Trinajstić information content (AvgIpc) is 2.88. The zero-order chi connectivity index (χ0) is 17.5. The number of benzene rings is 1. The number of aryl methyl sites for hydroxylation is 1. The van der Waals surface area contributed by atoms with Crippen molar-refractivity contribution < 1.29 is 18.7 Å². The molecule has 1 heterocycles. The number of carboxylic acids is 1. The van der Waals surface area contributed by atoms with E-state index in [1.807, 2.05) is 0 Å². The molecule has 2 aromatic rings. The molecule has 4 nitrogen and oxygen atoms in total. The molecule has 1 aliphatic carbocycles. The highest BCUT2D eigenvalue weighted by atomic mass is 35.5. The predicted octanol–water partition coefficient (Wildman–Crippen LogP) is 4.29. The second kappa shape index (κ2) is 6.18. The lowest BCUT2D eigenvalue weighted by Crippen LogP contribution is -2.27. The number of aromatic nitrogens is 2. The molecule has 0 amide bonds. The summed E-state index contributed by atoms with van der Waals surface area (Å²) in [5.41, 5.74) is 0.854. The first kappa shape index (κ1) is 16.9. The molecule has 126 valence electrons. The molecular formula is C16H12Cl2F2N2O2. The summed E-state index contributed by atoms with van der Waals surface area (Å²) in [5, 5.41) is 13.9. The predicted molar refractivity (Wildman–Crippen MR) is 86.7 cm³/mol. The maximum atomic E-state index is 14.2. The van der Waals surface area contributed by atoms with Crippen LogP contribution in [0.1, 0.15) is 23.2 Å². The highest BCUT2D eigenvalue weighted by Gasteiger charge is 2.42. The number of aliphatic carboxylic acids is 1. The van der Waals surface area contributed by atoms with E-state index in [-0.39, 0.29) is 18.7 Å². The summed E-state index contributed by atoms with van der Waals surface area (Å²) >= 11 is 12.0. The van der Waals surface area contributed by atoms with E-state index in [9.17, 15) is 13.6 Å². The Balaban J connectivity index is 2.07. The van der Waals surface area contributed by atoms with Gasteiger partial charge in [0.15, 0.2) is 0 Å². The lowest BCUT2D eigenvalue weighted by Gasteiger charge is -2.26. The average molecular weight is 373 g/mol. The van der Waals surface area contributed by atoms with Gasteiger partial charge in [-0.25, -0.2) is 13.6 Å². The fraction of sp³-hybridized carbons (Fsp3) is 0.250. The van der Waals surface area contributed by atoms with Gasteiger partial charge >= 0.3 is 5.97 Å². The van der Waals surface area contributed by atoms with Gasteiger partial charge in [0.05, 0.1) is 24.0 Å². The Bertz CT molecular complexity index is 847. The van der Waals surface area contributed by atoms with Gasteiger partial charge in [-0.2, -0.15) is 5.10 Å². The van der Waals surface area contributed by atoms with Crippen LogP contribution < -0.4 is 0 Å². The van der Waals surface area contributed by atoms with Crippen LogP contribution in [0.25, 0.3) is 5.57 Å². The lowest BCUT2D eigenvalue weighted by molar-refractivity contribution is -0.131. The van der Waals surface area contributed by atoms with Crippen molar-refractivity contribution in [2.75, 3.05) is 0 Å². The summed E-state index contributed by atoms with van der Waals surface area (Å²) in [5.74, 6) is -4.64. The van der Waals surface area contributed by atoms with Crippen molar-refractivity contribution in [3.63, 3.8) is 0 Å². The van der Waals surface area contributed by atoms with Crippen molar-refractivity contribution in [3.8, 4) is 0 Å². The smallest absolute Gasteiger partial charge is 0.328 e. The minimum absolute atomic E-state index is 0.133. The molecule has 1 aliphatic rings. The monoisotopic (exact) mass is 372 g/mol. The minimum Gasteiger partial charge on any atom is -0.478 e. The van der Waals surface area contributed by atoms with Crippen molar-refractivity contribution in [3.05, 3.63) is 57.3 Å². The first-order chi connectivity index (χ1) is 11.3. The molecule has 1 aromatic carbocycles. The zero-order valence-corrected chi connectivity index (χ0v) is 13.8. The third kappa shape index (κ3) is 3.16. The van der Waals surface area contributed by atoms with E-state index in [2.05, 4.69) is 5.10 Å². The van der Waals surface area contributed by atoms with Crippen LogP contribution >= 0.6 is 23.2 Å². The maximum Gasteiger partial charge on any atom is 0.328 e. The summed E-state index contributed by atoms with van der Waals surface area (Å²) in [6.45, 7) is 0.137. The van der Waals surface area contributed by atoms with Crippen molar-refractivity contribution >= 4 is 34.7 Å². The molecule has 0 spiro atoms. The van der Waals surface area contributed by atoms with Crippen LogP contribution in [-0.4, -0.2) is 26.8 Å². The summed E-state index contributed by atoms with van der Waals surface area (Å²) in [6, 6.07) is 4.87. The molecule has 0 unspecified atom stereocenters. The molecule has 8 heteroatoms. The van der Waals surface area contributed by atoms with Crippen molar-refractivity contribution in [1.29, 1.82) is 0 Å². The Hall–Kier alpha value is -1.92. The molecule has 0 radical (unpaired) electrons. The van der Waals surface area contributed by atoms with Crippen LogP contribution in [0.3, 0.4) is 0 Å². The molecular weight excluding hydrogens is 361 g/mol. The number of allylic oxidation sites excluding steroid dienone is 1. The number of carboxylic acid groups (broad SMARTS) is 1. The standard InChI is InChI=1S/C16H12Cl2F2N2O2/c17-11-2-1-10(13(18)5-11)8-22-15-9(7-21-22)3-4-16(19,20)12(15)6-14(23)24/h1-2,5-7H,3-4,8H2,(H,23,24)/b12-6-. The van der Waals surface area contributed by atoms with E-state index >= 15 is 0 Å². The van der Waals surface area contributed by atoms with E-state index < -0.39 is 23.9 Å². The number of carbonyl (C=O) groups is 1. The third-order valence-corrected chi connectivity index (χ3v) is 4.46. The van der Waals surface area contributed by atoms with Crippen molar-refractivity contribution in [1.82, 2.24) is 9.78 Å². The van der Waals surface area contributed by atoms with Crippen LogP contribution in [-0.2, 0) is 17.8 Å². The number of fused-ring (bicyclic) bond motifs is 1. The largest absolute Gasteiger partial charge is 0.478 e. The van der Waals surface area contributed by atoms with Crippen LogP contribution in [0.15, 0.2) is 30.5 Å². The Morgan fingerprint density at radius 1 is 1.42 bits per heavy atom. The van der Waals surface area contributed by atoms with Crippen molar-refractivity contribution in [2.45, 2.75) is 25.3 Å². The first-order valence-corrected chi connectivity index (χ1v) is 7.85. The summed E-state index contributed by atoms with van der Waals surface area (Å²) in [4.78, 5) is 11.0. The molecule has 0 fully saturated rings. The van der Waals surface area contributed by atoms with Crippen molar-refractivity contribution in [2.24, 2.45) is 0 Å². The fourth-order valence-corrected chi connectivity index (χ4v) is 3.22. The minimum atomic E-state index is -3.22. The number of hydrogen-bond acceptors (Lipinski definition) is 2. The summed E-state index contributed by atoms with van der Waals surface area (Å²) < 4.78 is 29.8. The van der Waals surface area contributed by atoms with E-state index in [0.717, 1.165) is 0 Å². The van der Waals surface area contributed by atoms with Crippen LogP contribution in [0, 0.1) is 0 Å². The van der Waals surface area contributed by atoms with E-state index in [1.165, 1.54) is 10.9 Å². The number of rotatable bonds is 3. The van der Waals surface area contributed by atoms with Gasteiger partial charge in [0.1, 0.15) is 0 Å². The second-order valence-corrected chi connectivity index (χ2v) is 6.36. The van der Waals surface area contributed by atoms with Crippen LogP contribution in [0.5, 0.6) is 0 Å². The normalized spacial score (nSPS) is 17.8. The lowest BCUT2D eigenvalue weighted by atomic mass is 9.89. The molecule has 0 saturated heterocycles. The molecule has 0 aliphatic heterocycles. The van der Waals surface area contributed by atoms with Crippen LogP contribution in [0.2, 0.25) is 10.0 Å². The Labute approximate surface area is 146 Å². The number of alkyl halides is 2. The van der Waals surface area contributed by atoms with Gasteiger partial charge in [-0.3, -0.25) is 4.68 Å².